The van der Waals surface area contributed by atoms with Crippen LogP contribution in [-0.2, 0) is 4.74 Å². The van der Waals surface area contributed by atoms with E-state index in [-0.39, 0.29) is 6.10 Å². The van der Waals surface area contributed by atoms with Gasteiger partial charge in [0.2, 0.25) is 5.88 Å². The highest BCUT2D eigenvalue weighted by Crippen LogP contribution is 2.39. The van der Waals surface area contributed by atoms with Crippen molar-refractivity contribution in [2.75, 3.05) is 25.1 Å². The molecule has 110 valence electrons. The Labute approximate surface area is 120 Å². The summed E-state index contributed by atoms with van der Waals surface area (Å²) in [5.41, 5.74) is 0. The maximum atomic E-state index is 5.81. The van der Waals surface area contributed by atoms with E-state index in [1.54, 1.807) is 0 Å². The molecule has 2 aliphatic rings. The third-order valence-corrected chi connectivity index (χ3v) is 3.66. The molecular formula is C15H23N3O2. The summed E-state index contributed by atoms with van der Waals surface area (Å²) in [5.74, 6) is 3.01. The van der Waals surface area contributed by atoms with E-state index >= 15 is 0 Å². The molecule has 0 spiro atoms. The summed E-state index contributed by atoms with van der Waals surface area (Å²) in [4.78, 5) is 9.11. The van der Waals surface area contributed by atoms with Crippen LogP contribution in [0.25, 0.3) is 0 Å². The highest BCUT2D eigenvalue weighted by molar-refractivity contribution is 5.39. The highest BCUT2D eigenvalue weighted by Gasteiger charge is 2.27. The van der Waals surface area contributed by atoms with E-state index in [1.807, 2.05) is 6.07 Å². The van der Waals surface area contributed by atoms with E-state index in [0.717, 1.165) is 44.1 Å². The molecule has 1 aliphatic carbocycles. The van der Waals surface area contributed by atoms with E-state index in [4.69, 9.17) is 9.47 Å². The van der Waals surface area contributed by atoms with E-state index < -0.39 is 0 Å². The molecule has 1 unspecified atom stereocenters. The molecule has 0 bridgehead atoms. The van der Waals surface area contributed by atoms with Crippen LogP contribution in [0.5, 0.6) is 5.88 Å². The number of nitrogens with zero attached hydrogens (tertiary/aromatic N) is 2. The van der Waals surface area contributed by atoms with Gasteiger partial charge in [0.25, 0.3) is 0 Å². The Morgan fingerprint density at radius 2 is 2.25 bits per heavy atom. The summed E-state index contributed by atoms with van der Waals surface area (Å²) in [7, 11) is 0. The quantitative estimate of drug-likeness (QED) is 0.830. The second-order valence-electron chi connectivity index (χ2n) is 5.60. The van der Waals surface area contributed by atoms with Crippen molar-refractivity contribution < 1.29 is 9.47 Å². The molecule has 1 aromatic rings. The lowest BCUT2D eigenvalue weighted by molar-refractivity contribution is 0.0662. The Hall–Kier alpha value is -1.36. The number of ether oxygens (including phenoxy) is 2. The predicted molar refractivity (Wildman–Crippen MR) is 77.3 cm³/mol. The van der Waals surface area contributed by atoms with Gasteiger partial charge in [0.1, 0.15) is 18.2 Å². The molecule has 20 heavy (non-hydrogen) atoms. The van der Waals surface area contributed by atoms with Crippen LogP contribution in [-0.4, -0.2) is 35.8 Å². The summed E-state index contributed by atoms with van der Waals surface area (Å²) in [5, 5.41) is 3.32. The minimum absolute atomic E-state index is 0.224. The zero-order valence-electron chi connectivity index (χ0n) is 12.1. The SMILES string of the molecule is CCCNc1cc(OCC2CCCO2)nc(C2CC2)n1. The molecule has 2 heterocycles. The van der Waals surface area contributed by atoms with Crippen molar-refractivity contribution in [1.29, 1.82) is 0 Å². The molecule has 0 radical (unpaired) electrons. The molecular weight excluding hydrogens is 254 g/mol. The first-order valence-corrected chi connectivity index (χ1v) is 7.72. The Kier molecular flexibility index (Phi) is 4.35. The second kappa shape index (κ2) is 6.39. The minimum Gasteiger partial charge on any atom is -0.475 e. The fourth-order valence-electron chi connectivity index (χ4n) is 2.34. The van der Waals surface area contributed by atoms with E-state index in [9.17, 15) is 0 Å². The van der Waals surface area contributed by atoms with Crippen LogP contribution in [0.4, 0.5) is 5.82 Å². The van der Waals surface area contributed by atoms with Crippen molar-refractivity contribution in [2.45, 2.75) is 51.0 Å². The molecule has 1 aliphatic heterocycles. The van der Waals surface area contributed by atoms with Crippen molar-refractivity contribution in [3.05, 3.63) is 11.9 Å². The molecule has 1 N–H and O–H groups in total. The maximum Gasteiger partial charge on any atom is 0.218 e. The summed E-state index contributed by atoms with van der Waals surface area (Å²) in [6.45, 7) is 4.51. The van der Waals surface area contributed by atoms with Crippen molar-refractivity contribution in [3.63, 3.8) is 0 Å². The van der Waals surface area contributed by atoms with Gasteiger partial charge in [0.15, 0.2) is 0 Å². The Morgan fingerprint density at radius 3 is 2.95 bits per heavy atom. The normalized spacial score (nSPS) is 21.9. The topological polar surface area (TPSA) is 56.3 Å². The van der Waals surface area contributed by atoms with Gasteiger partial charge in [0.05, 0.1) is 6.10 Å². The summed E-state index contributed by atoms with van der Waals surface area (Å²) >= 11 is 0. The number of hydrogen-bond acceptors (Lipinski definition) is 5. The van der Waals surface area contributed by atoms with E-state index in [2.05, 4.69) is 22.2 Å². The van der Waals surface area contributed by atoms with E-state index in [0.29, 0.717) is 18.4 Å². The third kappa shape index (κ3) is 3.60. The number of nitrogens with one attached hydrogen (secondary N) is 1. The van der Waals surface area contributed by atoms with Crippen molar-refractivity contribution in [3.8, 4) is 5.88 Å². The van der Waals surface area contributed by atoms with Crippen LogP contribution >= 0.6 is 0 Å². The van der Waals surface area contributed by atoms with Gasteiger partial charge in [-0.15, -0.1) is 0 Å². The molecule has 3 rings (SSSR count). The third-order valence-electron chi connectivity index (χ3n) is 3.66. The first-order chi connectivity index (χ1) is 9.85. The van der Waals surface area contributed by atoms with Crippen molar-refractivity contribution >= 4 is 5.82 Å². The molecule has 5 heteroatoms. The van der Waals surface area contributed by atoms with Gasteiger partial charge in [-0.3, -0.25) is 0 Å². The average molecular weight is 277 g/mol. The van der Waals surface area contributed by atoms with Gasteiger partial charge in [-0.25, -0.2) is 4.98 Å². The number of anilines is 1. The average Bonchev–Trinajstić information content (AvgIpc) is 3.20. The molecule has 1 atom stereocenters. The number of hydrogen-bond donors (Lipinski definition) is 1. The Morgan fingerprint density at radius 1 is 1.35 bits per heavy atom. The maximum absolute atomic E-state index is 5.81. The molecule has 1 saturated heterocycles. The molecule has 2 fully saturated rings. The number of aromatic nitrogens is 2. The smallest absolute Gasteiger partial charge is 0.218 e. The molecule has 0 aromatic carbocycles. The fourth-order valence-corrected chi connectivity index (χ4v) is 2.34. The summed E-state index contributed by atoms with van der Waals surface area (Å²) < 4.78 is 11.4. The Balaban J connectivity index is 1.65. The summed E-state index contributed by atoms with van der Waals surface area (Å²) in [6, 6.07) is 1.90. The zero-order chi connectivity index (χ0) is 13.8. The first-order valence-electron chi connectivity index (χ1n) is 7.72. The molecule has 1 aromatic heterocycles. The van der Waals surface area contributed by atoms with Crippen LogP contribution in [0, 0.1) is 0 Å². The highest BCUT2D eigenvalue weighted by atomic mass is 16.5. The lowest BCUT2D eigenvalue weighted by Crippen LogP contribution is -2.17. The van der Waals surface area contributed by atoms with Gasteiger partial charge in [-0.1, -0.05) is 6.92 Å². The Bertz CT molecular complexity index is 443. The fraction of sp³-hybridized carbons (Fsp3) is 0.733. The second-order valence-corrected chi connectivity index (χ2v) is 5.60. The lowest BCUT2D eigenvalue weighted by Gasteiger charge is -2.13. The van der Waals surface area contributed by atoms with Gasteiger partial charge >= 0.3 is 0 Å². The van der Waals surface area contributed by atoms with Crippen LogP contribution in [0.1, 0.15) is 50.8 Å². The lowest BCUT2D eigenvalue weighted by atomic mass is 10.2. The van der Waals surface area contributed by atoms with Crippen LogP contribution < -0.4 is 10.1 Å². The van der Waals surface area contributed by atoms with Crippen LogP contribution in [0.15, 0.2) is 6.07 Å². The van der Waals surface area contributed by atoms with Crippen molar-refractivity contribution in [1.82, 2.24) is 9.97 Å². The van der Waals surface area contributed by atoms with Crippen LogP contribution in [0.2, 0.25) is 0 Å². The van der Waals surface area contributed by atoms with Gasteiger partial charge in [-0.05, 0) is 32.1 Å². The van der Waals surface area contributed by atoms with Gasteiger partial charge in [0, 0.05) is 25.1 Å². The molecule has 5 nitrogen and oxygen atoms in total. The minimum atomic E-state index is 0.224. The predicted octanol–water partition coefficient (Wildman–Crippen LogP) is 2.73. The summed E-state index contributed by atoms with van der Waals surface area (Å²) in [6.07, 6.45) is 5.91. The largest absolute Gasteiger partial charge is 0.475 e. The first kappa shape index (κ1) is 13.6. The van der Waals surface area contributed by atoms with E-state index in [1.165, 1.54) is 12.8 Å². The molecule has 1 saturated carbocycles. The zero-order valence-corrected chi connectivity index (χ0v) is 12.1. The van der Waals surface area contributed by atoms with Crippen LogP contribution in [0.3, 0.4) is 0 Å². The molecule has 0 amide bonds. The van der Waals surface area contributed by atoms with Gasteiger partial charge < -0.3 is 14.8 Å². The van der Waals surface area contributed by atoms with Crippen molar-refractivity contribution in [2.24, 2.45) is 0 Å². The van der Waals surface area contributed by atoms with Gasteiger partial charge in [-0.2, -0.15) is 4.98 Å². The number of rotatable bonds is 7. The monoisotopic (exact) mass is 277 g/mol. The standard InChI is InChI=1S/C15H23N3O2/c1-2-7-16-13-9-14(18-15(17-13)11-5-6-11)20-10-12-4-3-8-19-12/h9,11-12H,2-8,10H2,1H3,(H,16,17,18).